The van der Waals surface area contributed by atoms with E-state index in [0.29, 0.717) is 5.02 Å². The number of para-hydroxylation sites is 2. The minimum absolute atomic E-state index is 0.0800. The smallest absolute Gasteiger partial charge is 0.345 e. The van der Waals surface area contributed by atoms with Gasteiger partial charge in [0, 0.05) is 0 Å². The van der Waals surface area contributed by atoms with Crippen molar-refractivity contribution in [1.82, 2.24) is 0 Å². The Labute approximate surface area is 131 Å². The maximum absolute atomic E-state index is 11.8. The molecule has 2 aromatic rings. The van der Waals surface area contributed by atoms with Crippen molar-refractivity contribution in [1.29, 1.82) is 0 Å². The number of hydrogen-bond acceptors (Lipinski definition) is 5. The van der Waals surface area contributed by atoms with E-state index in [4.69, 9.17) is 21.1 Å². The van der Waals surface area contributed by atoms with Gasteiger partial charge in [0.15, 0.2) is 0 Å². The van der Waals surface area contributed by atoms with Gasteiger partial charge >= 0.3 is 11.7 Å². The molecule has 0 N–H and O–H groups in total. The number of carbonyl (C=O) groups excluding carboxylic acids is 1. The van der Waals surface area contributed by atoms with Crippen LogP contribution in [0.2, 0.25) is 5.02 Å². The first-order valence-corrected chi connectivity index (χ1v) is 6.79. The highest BCUT2D eigenvalue weighted by Crippen LogP contribution is 2.37. The number of nitro benzene ring substituents is 1. The Morgan fingerprint density at radius 2 is 1.86 bits per heavy atom. The van der Waals surface area contributed by atoms with Crippen molar-refractivity contribution in [3.05, 3.63) is 63.2 Å². The molecule has 0 aromatic heterocycles. The Morgan fingerprint density at radius 3 is 2.50 bits per heavy atom. The summed E-state index contributed by atoms with van der Waals surface area (Å²) in [7, 11) is 0. The molecule has 0 unspecified atom stereocenters. The summed E-state index contributed by atoms with van der Waals surface area (Å²) in [4.78, 5) is 22.5. The fourth-order valence-corrected chi connectivity index (χ4v) is 1.99. The molecule has 7 heteroatoms. The summed E-state index contributed by atoms with van der Waals surface area (Å²) in [6.45, 7) is 1.74. The molecule has 0 saturated heterocycles. The van der Waals surface area contributed by atoms with Gasteiger partial charge in [-0.05, 0) is 31.2 Å². The number of nitro groups is 1. The molecule has 114 valence electrons. The van der Waals surface area contributed by atoms with Gasteiger partial charge in [-0.3, -0.25) is 10.1 Å². The number of ether oxygens (including phenoxy) is 2. The van der Waals surface area contributed by atoms with Crippen LogP contribution in [0, 0.1) is 10.1 Å². The zero-order valence-electron chi connectivity index (χ0n) is 11.6. The minimum atomic E-state index is -0.779. The monoisotopic (exact) mass is 321 g/mol. The quantitative estimate of drug-likeness (QED) is 0.468. The van der Waals surface area contributed by atoms with Crippen LogP contribution >= 0.6 is 11.6 Å². The summed E-state index contributed by atoms with van der Waals surface area (Å²) in [6.07, 6.45) is 0. The highest BCUT2D eigenvalue weighted by atomic mass is 35.5. The fourth-order valence-electron chi connectivity index (χ4n) is 1.81. The van der Waals surface area contributed by atoms with Crippen molar-refractivity contribution in [3.8, 4) is 11.5 Å². The predicted octanol–water partition coefficient (Wildman–Crippen LogP) is 4.22. The molecule has 0 atom stereocenters. The number of rotatable bonds is 5. The van der Waals surface area contributed by atoms with Gasteiger partial charge in [0.05, 0.1) is 16.6 Å². The lowest BCUT2D eigenvalue weighted by Crippen LogP contribution is -2.08. The van der Waals surface area contributed by atoms with Crippen molar-refractivity contribution in [3.63, 3.8) is 0 Å². The van der Waals surface area contributed by atoms with E-state index in [1.165, 1.54) is 18.2 Å². The van der Waals surface area contributed by atoms with Crippen LogP contribution in [0.3, 0.4) is 0 Å². The van der Waals surface area contributed by atoms with Gasteiger partial charge in [0.2, 0.25) is 5.75 Å². The molecule has 0 aliphatic carbocycles. The minimum Gasteiger partial charge on any atom is -0.462 e. The Kier molecular flexibility index (Phi) is 4.95. The molecule has 0 aliphatic rings. The van der Waals surface area contributed by atoms with Gasteiger partial charge in [0.25, 0.3) is 0 Å². The average Bonchev–Trinajstić information content (AvgIpc) is 2.49. The zero-order valence-corrected chi connectivity index (χ0v) is 12.4. The second-order valence-electron chi connectivity index (χ2n) is 4.16. The summed E-state index contributed by atoms with van der Waals surface area (Å²) in [6, 6.07) is 10.7. The number of halogens is 1. The van der Waals surface area contributed by atoms with Crippen molar-refractivity contribution in [2.24, 2.45) is 0 Å². The van der Waals surface area contributed by atoms with Gasteiger partial charge in [-0.1, -0.05) is 29.8 Å². The molecule has 2 rings (SSSR count). The van der Waals surface area contributed by atoms with E-state index >= 15 is 0 Å². The summed E-state index contributed by atoms with van der Waals surface area (Å²) in [5.41, 5.74) is -0.628. The normalized spacial score (nSPS) is 10.1. The van der Waals surface area contributed by atoms with Crippen molar-refractivity contribution in [2.75, 3.05) is 6.61 Å². The van der Waals surface area contributed by atoms with Crippen LogP contribution < -0.4 is 4.74 Å². The van der Waals surface area contributed by atoms with Crippen LogP contribution in [0.15, 0.2) is 42.5 Å². The molecule has 0 heterocycles. The summed E-state index contributed by atoms with van der Waals surface area (Å²) in [5, 5.41) is 11.6. The van der Waals surface area contributed by atoms with Gasteiger partial charge in [-0.25, -0.2) is 4.79 Å². The van der Waals surface area contributed by atoms with E-state index in [0.717, 1.165) is 0 Å². The summed E-state index contributed by atoms with van der Waals surface area (Å²) >= 11 is 5.97. The first-order valence-electron chi connectivity index (χ1n) is 6.41. The third-order valence-corrected chi connectivity index (χ3v) is 3.05. The van der Waals surface area contributed by atoms with Crippen molar-refractivity contribution in [2.45, 2.75) is 6.92 Å². The molecule has 0 spiro atoms. The topological polar surface area (TPSA) is 78.7 Å². The van der Waals surface area contributed by atoms with E-state index in [1.807, 2.05) is 0 Å². The predicted molar refractivity (Wildman–Crippen MR) is 80.6 cm³/mol. The molecule has 6 nitrogen and oxygen atoms in total. The number of benzene rings is 2. The van der Waals surface area contributed by atoms with Gasteiger partial charge < -0.3 is 9.47 Å². The Morgan fingerprint density at radius 1 is 1.18 bits per heavy atom. The van der Waals surface area contributed by atoms with Gasteiger partial charge in [0.1, 0.15) is 11.3 Å². The molecule has 0 saturated carbocycles. The second-order valence-corrected chi connectivity index (χ2v) is 4.57. The fraction of sp³-hybridized carbons (Fsp3) is 0.133. The zero-order chi connectivity index (χ0) is 16.1. The first kappa shape index (κ1) is 15.8. The van der Waals surface area contributed by atoms with Crippen molar-refractivity contribution < 1.29 is 19.2 Å². The van der Waals surface area contributed by atoms with E-state index in [2.05, 4.69) is 0 Å². The largest absolute Gasteiger partial charge is 0.462 e. The number of carbonyl (C=O) groups is 1. The van der Waals surface area contributed by atoms with Crippen LogP contribution in [0.5, 0.6) is 11.5 Å². The standard InChI is InChI=1S/C15H12ClNO5/c1-2-21-15(18)10-6-5-9-13(14(10)17(19)20)22-12-8-4-3-7-11(12)16/h3-9H,2H2,1H3. The van der Waals surface area contributed by atoms with Gasteiger partial charge in [-0.15, -0.1) is 0 Å². The third-order valence-electron chi connectivity index (χ3n) is 2.73. The molecular weight excluding hydrogens is 310 g/mol. The van der Waals surface area contributed by atoms with E-state index < -0.39 is 16.6 Å². The lowest BCUT2D eigenvalue weighted by molar-refractivity contribution is -0.386. The third kappa shape index (κ3) is 3.35. The average molecular weight is 322 g/mol. The Bertz CT molecular complexity index is 717. The number of esters is 1. The molecule has 2 aromatic carbocycles. The molecule has 0 fully saturated rings. The number of nitrogens with zero attached hydrogens (tertiary/aromatic N) is 1. The van der Waals surface area contributed by atoms with Crippen molar-refractivity contribution >= 4 is 23.3 Å². The highest BCUT2D eigenvalue weighted by Gasteiger charge is 2.27. The molecule has 0 aliphatic heterocycles. The SMILES string of the molecule is CCOC(=O)c1cccc(Oc2ccccc2Cl)c1[N+](=O)[O-]. The molecular formula is C15H12ClNO5. The molecule has 0 radical (unpaired) electrons. The van der Waals surface area contributed by atoms with Crippen LogP contribution in [-0.4, -0.2) is 17.5 Å². The molecule has 0 bridgehead atoms. The lowest BCUT2D eigenvalue weighted by atomic mass is 10.1. The highest BCUT2D eigenvalue weighted by molar-refractivity contribution is 6.32. The van der Waals surface area contributed by atoms with Crippen LogP contribution in [0.1, 0.15) is 17.3 Å². The van der Waals surface area contributed by atoms with E-state index in [1.54, 1.807) is 31.2 Å². The second kappa shape index (κ2) is 6.91. The van der Waals surface area contributed by atoms with Crippen LogP contribution in [-0.2, 0) is 4.74 Å². The summed E-state index contributed by atoms with van der Waals surface area (Å²) in [5.74, 6) is -0.601. The van der Waals surface area contributed by atoms with E-state index in [-0.39, 0.29) is 23.7 Å². The first-order chi connectivity index (χ1) is 10.5. The van der Waals surface area contributed by atoms with Crippen LogP contribution in [0.25, 0.3) is 0 Å². The van der Waals surface area contributed by atoms with Crippen LogP contribution in [0.4, 0.5) is 5.69 Å². The maximum Gasteiger partial charge on any atom is 0.345 e. The van der Waals surface area contributed by atoms with Gasteiger partial charge in [-0.2, -0.15) is 0 Å². The lowest BCUT2D eigenvalue weighted by Gasteiger charge is -2.10. The molecule has 22 heavy (non-hydrogen) atoms. The molecule has 0 amide bonds. The Balaban J connectivity index is 2.48. The summed E-state index contributed by atoms with van der Waals surface area (Å²) < 4.78 is 10.3. The number of hydrogen-bond donors (Lipinski definition) is 0. The van der Waals surface area contributed by atoms with E-state index in [9.17, 15) is 14.9 Å². The Hall–Kier alpha value is -2.60. The maximum atomic E-state index is 11.8.